The second-order valence-corrected chi connectivity index (χ2v) is 1.81. The summed E-state index contributed by atoms with van der Waals surface area (Å²) in [6.45, 7) is 0. The van der Waals surface area contributed by atoms with E-state index >= 15 is 0 Å². The molecule has 0 aliphatic rings. The van der Waals surface area contributed by atoms with Crippen LogP contribution in [0.25, 0.3) is 0 Å². The molecule has 0 aliphatic carbocycles. The van der Waals surface area contributed by atoms with Gasteiger partial charge in [-0.3, -0.25) is 4.84 Å². The van der Waals surface area contributed by atoms with Crippen LogP contribution in [0.1, 0.15) is 0 Å². The maximum Gasteiger partial charge on any atom is 0.311 e. The summed E-state index contributed by atoms with van der Waals surface area (Å²) in [5.74, 6) is -0.457. The van der Waals surface area contributed by atoms with Crippen molar-refractivity contribution in [3.8, 4) is 11.9 Å². The normalized spacial score (nSPS) is 9.14. The number of nitrogens with zero attached hydrogens (tertiary/aromatic N) is 4. The number of hydrogen-bond acceptors (Lipinski definition) is 8. The highest BCUT2D eigenvalue weighted by atomic mass is 17.0. The predicted molar refractivity (Wildman–Crippen MR) is 37.3 cm³/mol. The van der Waals surface area contributed by atoms with Crippen LogP contribution in [0.3, 0.4) is 0 Å². The van der Waals surface area contributed by atoms with Crippen molar-refractivity contribution >= 4 is 0 Å². The first-order chi connectivity index (χ1) is 6.58. The van der Waals surface area contributed by atoms with E-state index in [4.69, 9.17) is 0 Å². The van der Waals surface area contributed by atoms with Crippen LogP contribution in [0.5, 0.6) is 11.9 Å². The second-order valence-electron chi connectivity index (χ2n) is 1.81. The molecule has 0 amide bonds. The van der Waals surface area contributed by atoms with Crippen LogP contribution >= 0.6 is 0 Å². The van der Waals surface area contributed by atoms with E-state index in [1.54, 1.807) is 0 Å². The van der Waals surface area contributed by atoms with E-state index in [9.17, 15) is 20.2 Å². The zero-order valence-corrected chi connectivity index (χ0v) is 6.39. The van der Waals surface area contributed by atoms with E-state index in [1.807, 2.05) is 0 Å². The minimum absolute atomic E-state index is 0.457. The first-order valence-electron chi connectivity index (χ1n) is 3.05. The molecule has 1 aromatic heterocycles. The van der Waals surface area contributed by atoms with Crippen molar-refractivity contribution in [3.05, 3.63) is 32.5 Å². The van der Waals surface area contributed by atoms with Crippen molar-refractivity contribution in [2.45, 2.75) is 0 Å². The highest BCUT2D eigenvalue weighted by molar-refractivity contribution is 5.09. The third-order valence-electron chi connectivity index (χ3n) is 0.932. The molecule has 0 saturated heterocycles. The summed E-state index contributed by atoms with van der Waals surface area (Å²) in [4.78, 5) is 33.9. The van der Waals surface area contributed by atoms with Crippen LogP contribution < -0.4 is 9.68 Å². The van der Waals surface area contributed by atoms with Gasteiger partial charge in [0.15, 0.2) is 0 Å². The van der Waals surface area contributed by atoms with E-state index in [0.717, 1.165) is 12.3 Å². The van der Waals surface area contributed by atoms with Gasteiger partial charge in [0.1, 0.15) is 0 Å². The van der Waals surface area contributed by atoms with Crippen LogP contribution in [-0.2, 0) is 0 Å². The van der Waals surface area contributed by atoms with Crippen LogP contribution in [0.2, 0.25) is 0 Å². The van der Waals surface area contributed by atoms with Crippen LogP contribution in [0, 0.1) is 20.2 Å². The van der Waals surface area contributed by atoms with E-state index < -0.39 is 22.1 Å². The van der Waals surface area contributed by atoms with Crippen LogP contribution in [0.4, 0.5) is 0 Å². The molecule has 1 heterocycles. The Labute approximate surface area is 75.3 Å². The number of rotatable bonds is 4. The lowest BCUT2D eigenvalue weighted by Crippen LogP contribution is -2.09. The van der Waals surface area contributed by atoms with Crippen LogP contribution in [-0.4, -0.2) is 20.1 Å². The predicted octanol–water partition coefficient (Wildman–Crippen LogP) is -0.382. The topological polar surface area (TPSA) is 131 Å². The van der Waals surface area contributed by atoms with Gasteiger partial charge in [0.25, 0.3) is 0 Å². The monoisotopic (exact) mass is 202 g/mol. The molecule has 1 aromatic rings. The number of aromatic nitrogens is 2. The minimum Gasteiger partial charge on any atom is -0.256 e. The minimum atomic E-state index is -1.15. The molecular formula is C4H2N4O6. The van der Waals surface area contributed by atoms with E-state index in [0.29, 0.717) is 0 Å². The van der Waals surface area contributed by atoms with Crippen molar-refractivity contribution in [2.24, 2.45) is 0 Å². The van der Waals surface area contributed by atoms with Gasteiger partial charge >= 0.3 is 16.2 Å². The Bertz CT molecular complexity index is 335. The van der Waals surface area contributed by atoms with Gasteiger partial charge in [0.2, 0.25) is 5.88 Å². The molecule has 10 nitrogen and oxygen atoms in total. The lowest BCUT2D eigenvalue weighted by Gasteiger charge is -1.98. The van der Waals surface area contributed by atoms with Crippen molar-refractivity contribution in [1.29, 1.82) is 0 Å². The summed E-state index contributed by atoms with van der Waals surface area (Å²) in [5.41, 5.74) is 0. The Morgan fingerprint density at radius 2 is 1.86 bits per heavy atom. The largest absolute Gasteiger partial charge is 0.311 e. The Morgan fingerprint density at radius 1 is 1.21 bits per heavy atom. The molecule has 14 heavy (non-hydrogen) atoms. The van der Waals surface area contributed by atoms with Gasteiger partial charge in [-0.2, -0.15) is 4.98 Å². The molecule has 0 unspecified atom stereocenters. The summed E-state index contributed by atoms with van der Waals surface area (Å²) in [6.07, 6.45) is 1.02. The summed E-state index contributed by atoms with van der Waals surface area (Å²) < 4.78 is 0. The number of hydrogen-bond donors (Lipinski definition) is 0. The SMILES string of the molecule is O=[N+]([O-])Oc1ccnc(O[N+](=O)[O-])n1. The lowest BCUT2D eigenvalue weighted by molar-refractivity contribution is -0.716. The van der Waals surface area contributed by atoms with Crippen molar-refractivity contribution in [1.82, 2.24) is 9.97 Å². The van der Waals surface area contributed by atoms with Gasteiger partial charge in [-0.05, 0) is 0 Å². The Balaban J connectivity index is 2.78. The van der Waals surface area contributed by atoms with Gasteiger partial charge in [-0.15, -0.1) is 20.2 Å². The Morgan fingerprint density at radius 3 is 2.43 bits per heavy atom. The molecule has 74 valence electrons. The van der Waals surface area contributed by atoms with Crippen molar-refractivity contribution < 1.29 is 19.8 Å². The highest BCUT2D eigenvalue weighted by Crippen LogP contribution is 2.09. The molecule has 0 radical (unpaired) electrons. The fourth-order valence-electron chi connectivity index (χ4n) is 0.563. The maximum absolute atomic E-state index is 9.85. The average Bonchev–Trinajstić information content (AvgIpc) is 2.01. The lowest BCUT2D eigenvalue weighted by atomic mass is 10.6. The fourth-order valence-corrected chi connectivity index (χ4v) is 0.563. The third-order valence-corrected chi connectivity index (χ3v) is 0.932. The van der Waals surface area contributed by atoms with E-state index in [2.05, 4.69) is 19.6 Å². The maximum atomic E-state index is 9.85. The highest BCUT2D eigenvalue weighted by Gasteiger charge is 2.06. The average molecular weight is 202 g/mol. The molecule has 1 rings (SSSR count). The zero-order valence-electron chi connectivity index (χ0n) is 6.39. The molecule has 0 N–H and O–H groups in total. The first kappa shape index (κ1) is 9.57. The van der Waals surface area contributed by atoms with Crippen molar-refractivity contribution in [2.75, 3.05) is 0 Å². The zero-order chi connectivity index (χ0) is 10.6. The van der Waals surface area contributed by atoms with E-state index in [-0.39, 0.29) is 0 Å². The fraction of sp³-hybridized carbons (Fsp3) is 0. The first-order valence-corrected chi connectivity index (χ1v) is 3.05. The quantitative estimate of drug-likeness (QED) is 0.476. The standard InChI is InChI=1S/C4H2N4O6/c9-7(10)13-3-1-2-5-4(6-3)14-8(11)12/h1-2H. The Hall–Kier alpha value is -2.52. The molecule has 0 fully saturated rings. The molecular weight excluding hydrogens is 200 g/mol. The molecule has 0 aromatic carbocycles. The van der Waals surface area contributed by atoms with Gasteiger partial charge in [-0.25, -0.2) is 9.82 Å². The summed E-state index contributed by atoms with van der Waals surface area (Å²) in [5, 5.41) is 17.4. The molecule has 0 aliphatic heterocycles. The molecule has 0 bridgehead atoms. The molecule has 0 atom stereocenters. The molecule has 0 spiro atoms. The molecule has 0 saturated carbocycles. The summed E-state index contributed by atoms with van der Waals surface area (Å²) in [7, 11) is 0. The summed E-state index contributed by atoms with van der Waals surface area (Å²) in [6, 6.07) is 0.407. The Kier molecular flexibility index (Phi) is 2.69. The van der Waals surface area contributed by atoms with Crippen molar-refractivity contribution in [3.63, 3.8) is 0 Å². The summed E-state index contributed by atoms with van der Waals surface area (Å²) >= 11 is 0. The van der Waals surface area contributed by atoms with E-state index in [1.165, 1.54) is 0 Å². The molecule has 10 heteroatoms. The van der Waals surface area contributed by atoms with Gasteiger partial charge in [-0.1, -0.05) is 0 Å². The van der Waals surface area contributed by atoms with Gasteiger partial charge < -0.3 is 0 Å². The second kappa shape index (κ2) is 3.93. The smallest absolute Gasteiger partial charge is 0.256 e. The van der Waals surface area contributed by atoms with Gasteiger partial charge in [0, 0.05) is 12.3 Å². The van der Waals surface area contributed by atoms with Gasteiger partial charge in [0.05, 0.1) is 0 Å². The third kappa shape index (κ3) is 2.84. The van der Waals surface area contributed by atoms with Crippen LogP contribution in [0.15, 0.2) is 12.3 Å².